The average Bonchev–Trinajstić information content (AvgIpc) is 2.66. The Bertz CT molecular complexity index is 455. The summed E-state index contributed by atoms with van der Waals surface area (Å²) in [6.45, 7) is 13.5. The van der Waals surface area contributed by atoms with E-state index in [1.54, 1.807) is 6.07 Å². The lowest BCUT2D eigenvalue weighted by Gasteiger charge is -2.26. The quantitative estimate of drug-likeness (QED) is 0.904. The van der Waals surface area contributed by atoms with Gasteiger partial charge in [0.05, 0.1) is 0 Å². The predicted octanol–water partition coefficient (Wildman–Crippen LogP) is 3.81. The van der Waals surface area contributed by atoms with Gasteiger partial charge >= 0.3 is 0 Å². The van der Waals surface area contributed by atoms with Gasteiger partial charge in [0.1, 0.15) is 5.82 Å². The van der Waals surface area contributed by atoms with Crippen LogP contribution in [0.4, 0.5) is 10.1 Å². The van der Waals surface area contributed by atoms with Crippen molar-refractivity contribution in [1.29, 1.82) is 0 Å². The zero-order valence-electron chi connectivity index (χ0n) is 13.3. The Labute approximate surface area is 122 Å². The molecule has 112 valence electrons. The number of benzene rings is 1. The van der Waals surface area contributed by atoms with Crippen LogP contribution < -0.4 is 10.2 Å². The molecule has 1 aromatic rings. The Morgan fingerprint density at radius 3 is 2.35 bits per heavy atom. The number of hydrogen-bond donors (Lipinski definition) is 1. The Balaban J connectivity index is 2.23. The smallest absolute Gasteiger partial charge is 0.129 e. The Morgan fingerprint density at radius 1 is 1.20 bits per heavy atom. The molecule has 1 fully saturated rings. The van der Waals surface area contributed by atoms with Gasteiger partial charge in [0.25, 0.3) is 0 Å². The Kier molecular flexibility index (Phi) is 4.38. The SMILES string of the molecule is CC1CN(c2cccc(F)c2CNC(C)(C)C)CC1C. The highest BCUT2D eigenvalue weighted by Crippen LogP contribution is 2.31. The number of anilines is 1. The zero-order valence-corrected chi connectivity index (χ0v) is 13.3. The molecule has 2 rings (SSSR count). The first-order valence-corrected chi connectivity index (χ1v) is 7.55. The number of rotatable bonds is 3. The van der Waals surface area contributed by atoms with Gasteiger partial charge in [0.2, 0.25) is 0 Å². The van der Waals surface area contributed by atoms with E-state index in [0.717, 1.165) is 24.3 Å². The van der Waals surface area contributed by atoms with Crippen LogP contribution in [0.5, 0.6) is 0 Å². The molecule has 0 aromatic heterocycles. The second kappa shape index (κ2) is 5.72. The summed E-state index contributed by atoms with van der Waals surface area (Å²) in [5.41, 5.74) is 1.84. The molecule has 1 N–H and O–H groups in total. The van der Waals surface area contributed by atoms with E-state index in [1.165, 1.54) is 0 Å². The molecule has 0 bridgehead atoms. The molecule has 3 heteroatoms. The van der Waals surface area contributed by atoms with Gasteiger partial charge in [-0.1, -0.05) is 19.9 Å². The van der Waals surface area contributed by atoms with Gasteiger partial charge in [-0.05, 0) is 44.7 Å². The molecule has 2 atom stereocenters. The van der Waals surface area contributed by atoms with Crippen molar-refractivity contribution in [1.82, 2.24) is 5.32 Å². The summed E-state index contributed by atoms with van der Waals surface area (Å²) in [4.78, 5) is 2.33. The van der Waals surface area contributed by atoms with E-state index in [4.69, 9.17) is 0 Å². The van der Waals surface area contributed by atoms with Crippen LogP contribution in [-0.2, 0) is 6.54 Å². The molecular formula is C17H27FN2. The molecule has 0 aliphatic carbocycles. The van der Waals surface area contributed by atoms with Gasteiger partial charge in [0, 0.05) is 36.4 Å². The van der Waals surface area contributed by atoms with Crippen LogP contribution in [0.2, 0.25) is 0 Å². The lowest BCUT2D eigenvalue weighted by molar-refractivity contribution is 0.418. The van der Waals surface area contributed by atoms with E-state index >= 15 is 0 Å². The molecule has 2 unspecified atom stereocenters. The lowest BCUT2D eigenvalue weighted by atomic mass is 10.0. The molecule has 0 saturated carbocycles. The minimum Gasteiger partial charge on any atom is -0.371 e. The highest BCUT2D eigenvalue weighted by molar-refractivity contribution is 5.55. The van der Waals surface area contributed by atoms with Crippen molar-refractivity contribution in [2.45, 2.75) is 46.7 Å². The van der Waals surface area contributed by atoms with Crippen molar-refractivity contribution in [2.24, 2.45) is 11.8 Å². The molecule has 20 heavy (non-hydrogen) atoms. The highest BCUT2D eigenvalue weighted by atomic mass is 19.1. The fourth-order valence-electron chi connectivity index (χ4n) is 2.70. The second-order valence-electron chi connectivity index (χ2n) is 7.20. The first-order valence-electron chi connectivity index (χ1n) is 7.55. The number of hydrogen-bond acceptors (Lipinski definition) is 2. The zero-order chi connectivity index (χ0) is 14.9. The van der Waals surface area contributed by atoms with Crippen LogP contribution in [-0.4, -0.2) is 18.6 Å². The maximum atomic E-state index is 14.2. The summed E-state index contributed by atoms with van der Waals surface area (Å²) in [7, 11) is 0. The van der Waals surface area contributed by atoms with E-state index in [-0.39, 0.29) is 11.4 Å². The predicted molar refractivity (Wildman–Crippen MR) is 83.5 cm³/mol. The van der Waals surface area contributed by atoms with Crippen molar-refractivity contribution >= 4 is 5.69 Å². The summed E-state index contributed by atoms with van der Waals surface area (Å²) in [6, 6.07) is 5.43. The molecule has 0 amide bonds. The van der Waals surface area contributed by atoms with Crippen LogP contribution in [0.15, 0.2) is 18.2 Å². The highest BCUT2D eigenvalue weighted by Gasteiger charge is 2.28. The van der Waals surface area contributed by atoms with Crippen LogP contribution >= 0.6 is 0 Å². The normalized spacial score (nSPS) is 23.4. The van der Waals surface area contributed by atoms with Gasteiger partial charge < -0.3 is 10.2 Å². The van der Waals surface area contributed by atoms with Gasteiger partial charge in [-0.25, -0.2) is 4.39 Å². The molecule has 1 saturated heterocycles. The van der Waals surface area contributed by atoms with Gasteiger partial charge in [-0.15, -0.1) is 0 Å². The maximum Gasteiger partial charge on any atom is 0.129 e. The van der Waals surface area contributed by atoms with Gasteiger partial charge in [-0.2, -0.15) is 0 Å². The average molecular weight is 278 g/mol. The number of nitrogens with zero attached hydrogens (tertiary/aromatic N) is 1. The van der Waals surface area contributed by atoms with E-state index in [2.05, 4.69) is 44.8 Å². The van der Waals surface area contributed by atoms with Crippen LogP contribution in [0.25, 0.3) is 0 Å². The standard InChI is InChI=1S/C17H27FN2/c1-12-10-20(11-13(12)2)16-8-6-7-15(18)14(16)9-19-17(3,4)5/h6-8,12-13,19H,9-11H2,1-5H3. The minimum atomic E-state index is -0.105. The molecule has 0 radical (unpaired) electrons. The molecule has 1 aliphatic heterocycles. The summed E-state index contributed by atoms with van der Waals surface area (Å²) in [5.74, 6) is 1.23. The van der Waals surface area contributed by atoms with Crippen LogP contribution in [0, 0.1) is 17.7 Å². The topological polar surface area (TPSA) is 15.3 Å². The third-order valence-corrected chi connectivity index (χ3v) is 4.22. The van der Waals surface area contributed by atoms with E-state index in [1.807, 2.05) is 12.1 Å². The van der Waals surface area contributed by atoms with Crippen molar-refractivity contribution in [2.75, 3.05) is 18.0 Å². The third kappa shape index (κ3) is 3.51. The summed E-state index contributed by atoms with van der Waals surface area (Å²) in [6.07, 6.45) is 0. The van der Waals surface area contributed by atoms with Crippen molar-refractivity contribution < 1.29 is 4.39 Å². The molecule has 1 aliphatic rings. The lowest BCUT2D eigenvalue weighted by Crippen LogP contribution is -2.36. The largest absolute Gasteiger partial charge is 0.371 e. The van der Waals surface area contributed by atoms with E-state index in [9.17, 15) is 4.39 Å². The van der Waals surface area contributed by atoms with E-state index < -0.39 is 0 Å². The Morgan fingerprint density at radius 2 is 1.80 bits per heavy atom. The van der Waals surface area contributed by atoms with Crippen LogP contribution in [0.1, 0.15) is 40.2 Å². The summed E-state index contributed by atoms with van der Waals surface area (Å²) in [5, 5.41) is 3.40. The monoisotopic (exact) mass is 278 g/mol. The van der Waals surface area contributed by atoms with Crippen molar-refractivity contribution in [3.63, 3.8) is 0 Å². The molecular weight excluding hydrogens is 251 g/mol. The molecule has 0 spiro atoms. The maximum absolute atomic E-state index is 14.2. The third-order valence-electron chi connectivity index (χ3n) is 4.22. The summed E-state index contributed by atoms with van der Waals surface area (Å²) < 4.78 is 14.2. The number of halogens is 1. The molecule has 1 aromatic carbocycles. The molecule has 1 heterocycles. The first-order chi connectivity index (χ1) is 9.28. The van der Waals surface area contributed by atoms with Crippen molar-refractivity contribution in [3.8, 4) is 0 Å². The summed E-state index contributed by atoms with van der Waals surface area (Å²) >= 11 is 0. The molecule has 2 nitrogen and oxygen atoms in total. The minimum absolute atomic E-state index is 0.00879. The number of nitrogens with one attached hydrogen (secondary N) is 1. The van der Waals surface area contributed by atoms with Gasteiger partial charge in [0.15, 0.2) is 0 Å². The van der Waals surface area contributed by atoms with Crippen molar-refractivity contribution in [3.05, 3.63) is 29.6 Å². The van der Waals surface area contributed by atoms with Gasteiger partial charge in [-0.3, -0.25) is 0 Å². The first kappa shape index (κ1) is 15.3. The van der Waals surface area contributed by atoms with E-state index in [0.29, 0.717) is 18.4 Å². The second-order valence-corrected chi connectivity index (χ2v) is 7.20. The van der Waals surface area contributed by atoms with Crippen LogP contribution in [0.3, 0.4) is 0 Å². The fraction of sp³-hybridized carbons (Fsp3) is 0.647. The fourth-order valence-corrected chi connectivity index (χ4v) is 2.70. The Hall–Kier alpha value is -1.09.